The molecule has 144 valence electrons. The Labute approximate surface area is 162 Å². The monoisotopic (exact) mass is 400 g/mol. The average Bonchev–Trinajstić information content (AvgIpc) is 3.17. The van der Waals surface area contributed by atoms with Crippen LogP contribution >= 0.6 is 11.3 Å². The SMILES string of the molecule is COC(=O)c1nc(-c2sccc2NC(=O)C(N)c2ccccc2)[nH]c(=O)c1O. The first-order chi connectivity index (χ1) is 13.4. The van der Waals surface area contributed by atoms with Crippen LogP contribution in [-0.4, -0.2) is 34.1 Å². The number of rotatable bonds is 5. The van der Waals surface area contributed by atoms with Crippen LogP contribution in [0.5, 0.6) is 5.75 Å². The number of aromatic amines is 1. The van der Waals surface area contributed by atoms with Crippen molar-refractivity contribution in [2.75, 3.05) is 12.4 Å². The molecule has 1 unspecified atom stereocenters. The van der Waals surface area contributed by atoms with E-state index in [1.54, 1.807) is 35.7 Å². The number of anilines is 1. The molecule has 0 saturated carbocycles. The van der Waals surface area contributed by atoms with Gasteiger partial charge < -0.3 is 25.9 Å². The summed E-state index contributed by atoms with van der Waals surface area (Å²) in [5.74, 6) is -2.26. The van der Waals surface area contributed by atoms with Crippen molar-refractivity contribution in [1.29, 1.82) is 0 Å². The number of aromatic hydroxyl groups is 1. The zero-order valence-corrected chi connectivity index (χ0v) is 15.4. The molecule has 9 nitrogen and oxygen atoms in total. The number of amides is 1. The second-order valence-electron chi connectivity index (χ2n) is 5.64. The molecular weight excluding hydrogens is 384 g/mol. The van der Waals surface area contributed by atoms with Gasteiger partial charge >= 0.3 is 5.97 Å². The molecule has 0 fully saturated rings. The second kappa shape index (κ2) is 8.03. The van der Waals surface area contributed by atoms with Crippen molar-refractivity contribution in [2.24, 2.45) is 5.73 Å². The number of esters is 1. The van der Waals surface area contributed by atoms with E-state index < -0.39 is 34.9 Å². The molecule has 0 aliphatic carbocycles. The van der Waals surface area contributed by atoms with Gasteiger partial charge in [-0.3, -0.25) is 9.59 Å². The Morgan fingerprint density at radius 1 is 1.29 bits per heavy atom. The maximum absolute atomic E-state index is 12.5. The first kappa shape index (κ1) is 19.3. The number of carbonyl (C=O) groups is 2. The van der Waals surface area contributed by atoms with Crippen LogP contribution in [0.1, 0.15) is 22.1 Å². The lowest BCUT2D eigenvalue weighted by molar-refractivity contribution is -0.117. The average molecular weight is 400 g/mol. The van der Waals surface area contributed by atoms with Crippen LogP contribution < -0.4 is 16.6 Å². The molecular formula is C18H16N4O5S. The molecule has 0 spiro atoms. The fourth-order valence-electron chi connectivity index (χ4n) is 2.43. The summed E-state index contributed by atoms with van der Waals surface area (Å²) < 4.78 is 4.52. The van der Waals surface area contributed by atoms with Crippen LogP contribution in [0, 0.1) is 0 Å². The lowest BCUT2D eigenvalue weighted by Gasteiger charge is -2.13. The third-order valence-electron chi connectivity index (χ3n) is 3.85. The fraction of sp³-hybridized carbons (Fsp3) is 0.111. The number of ether oxygens (including phenoxy) is 1. The van der Waals surface area contributed by atoms with Gasteiger partial charge in [0.2, 0.25) is 11.7 Å². The number of H-pyrrole nitrogens is 1. The van der Waals surface area contributed by atoms with E-state index in [-0.39, 0.29) is 5.82 Å². The summed E-state index contributed by atoms with van der Waals surface area (Å²) in [6.45, 7) is 0. The summed E-state index contributed by atoms with van der Waals surface area (Å²) in [6.07, 6.45) is 0. The largest absolute Gasteiger partial charge is 0.501 e. The number of hydrogen-bond acceptors (Lipinski definition) is 8. The van der Waals surface area contributed by atoms with Gasteiger partial charge in [-0.25, -0.2) is 9.78 Å². The number of hydrogen-bond donors (Lipinski definition) is 4. The molecule has 1 amide bonds. The Bertz CT molecular complexity index is 1080. The summed E-state index contributed by atoms with van der Waals surface area (Å²) in [4.78, 5) is 42.9. The van der Waals surface area contributed by atoms with Crippen LogP contribution in [0.2, 0.25) is 0 Å². The molecule has 0 radical (unpaired) electrons. The Hall–Kier alpha value is -3.50. The Kier molecular flexibility index (Phi) is 5.52. The number of nitrogens with one attached hydrogen (secondary N) is 2. The molecule has 2 aromatic heterocycles. The standard InChI is InChI=1S/C18H16N4O5S/c1-27-18(26)12-13(23)17(25)22-15(21-12)14-10(7-8-28-14)20-16(24)11(19)9-5-3-2-4-6-9/h2-8,11,23H,19H2,1H3,(H,20,24)(H,21,22,25). The van der Waals surface area contributed by atoms with E-state index >= 15 is 0 Å². The predicted molar refractivity (Wildman–Crippen MR) is 103 cm³/mol. The molecule has 0 bridgehead atoms. The topological polar surface area (TPSA) is 147 Å². The predicted octanol–water partition coefficient (Wildman–Crippen LogP) is 1.63. The summed E-state index contributed by atoms with van der Waals surface area (Å²) in [5, 5.41) is 14.1. The minimum Gasteiger partial charge on any atom is -0.501 e. The molecule has 3 aromatic rings. The highest BCUT2D eigenvalue weighted by molar-refractivity contribution is 7.14. The summed E-state index contributed by atoms with van der Waals surface area (Å²) in [7, 11) is 1.10. The quantitative estimate of drug-likeness (QED) is 0.476. The number of thiophene rings is 1. The zero-order valence-electron chi connectivity index (χ0n) is 14.6. The second-order valence-corrected chi connectivity index (χ2v) is 6.56. The molecule has 1 atom stereocenters. The highest BCUT2D eigenvalue weighted by Crippen LogP contribution is 2.32. The van der Waals surface area contributed by atoms with Crippen molar-refractivity contribution in [1.82, 2.24) is 9.97 Å². The molecule has 1 aromatic carbocycles. The molecule has 10 heteroatoms. The molecule has 28 heavy (non-hydrogen) atoms. The van der Waals surface area contributed by atoms with Gasteiger partial charge in [0.1, 0.15) is 6.04 Å². The molecule has 0 aliphatic heterocycles. The van der Waals surface area contributed by atoms with E-state index in [2.05, 4.69) is 20.0 Å². The van der Waals surface area contributed by atoms with E-state index in [0.29, 0.717) is 16.1 Å². The zero-order chi connectivity index (χ0) is 20.3. The Balaban J connectivity index is 1.92. The maximum Gasteiger partial charge on any atom is 0.360 e. The van der Waals surface area contributed by atoms with Crippen LogP contribution in [0.4, 0.5) is 5.69 Å². The van der Waals surface area contributed by atoms with Gasteiger partial charge in [0.25, 0.3) is 5.56 Å². The molecule has 5 N–H and O–H groups in total. The fourth-order valence-corrected chi connectivity index (χ4v) is 3.22. The van der Waals surface area contributed by atoms with Crippen molar-refractivity contribution < 1.29 is 19.4 Å². The van der Waals surface area contributed by atoms with Gasteiger partial charge in [0, 0.05) is 0 Å². The van der Waals surface area contributed by atoms with Crippen molar-refractivity contribution in [2.45, 2.75) is 6.04 Å². The highest BCUT2D eigenvalue weighted by atomic mass is 32.1. The first-order valence-electron chi connectivity index (χ1n) is 8.03. The highest BCUT2D eigenvalue weighted by Gasteiger charge is 2.22. The third kappa shape index (κ3) is 3.77. The van der Waals surface area contributed by atoms with Gasteiger partial charge in [-0.1, -0.05) is 30.3 Å². The van der Waals surface area contributed by atoms with Gasteiger partial charge in [-0.05, 0) is 17.0 Å². The summed E-state index contributed by atoms with van der Waals surface area (Å²) in [6, 6.07) is 9.56. The van der Waals surface area contributed by atoms with Crippen molar-refractivity contribution in [3.8, 4) is 16.5 Å². The number of benzene rings is 1. The number of carbonyl (C=O) groups excluding carboxylic acids is 2. The van der Waals surface area contributed by atoms with Crippen molar-refractivity contribution in [3.63, 3.8) is 0 Å². The van der Waals surface area contributed by atoms with E-state index in [0.717, 1.165) is 7.11 Å². The molecule has 0 aliphatic rings. The lowest BCUT2D eigenvalue weighted by Crippen LogP contribution is -2.27. The minimum atomic E-state index is -0.960. The molecule has 0 saturated heterocycles. The first-order valence-corrected chi connectivity index (χ1v) is 8.91. The number of methoxy groups -OCH3 is 1. The summed E-state index contributed by atoms with van der Waals surface area (Å²) in [5.41, 5.74) is 5.56. The van der Waals surface area contributed by atoms with Gasteiger partial charge in [-0.2, -0.15) is 0 Å². The van der Waals surface area contributed by atoms with E-state index in [4.69, 9.17) is 5.73 Å². The van der Waals surface area contributed by atoms with Crippen LogP contribution in [-0.2, 0) is 9.53 Å². The number of aromatic nitrogens is 2. The number of nitrogens with zero attached hydrogens (tertiary/aromatic N) is 1. The van der Waals surface area contributed by atoms with Crippen LogP contribution in [0.25, 0.3) is 10.7 Å². The molecule has 3 rings (SSSR count). The maximum atomic E-state index is 12.5. The van der Waals surface area contributed by atoms with Gasteiger partial charge in [0.15, 0.2) is 11.5 Å². The minimum absolute atomic E-state index is 0.00165. The Morgan fingerprint density at radius 3 is 2.68 bits per heavy atom. The van der Waals surface area contributed by atoms with E-state index in [9.17, 15) is 19.5 Å². The molecule has 2 heterocycles. The van der Waals surface area contributed by atoms with E-state index in [1.807, 2.05) is 6.07 Å². The van der Waals surface area contributed by atoms with Crippen molar-refractivity contribution in [3.05, 3.63) is 63.4 Å². The third-order valence-corrected chi connectivity index (χ3v) is 4.77. The van der Waals surface area contributed by atoms with E-state index in [1.165, 1.54) is 11.3 Å². The normalized spacial score (nSPS) is 11.6. The Morgan fingerprint density at radius 2 is 2.00 bits per heavy atom. The smallest absolute Gasteiger partial charge is 0.360 e. The van der Waals surface area contributed by atoms with Gasteiger partial charge in [-0.15, -0.1) is 11.3 Å². The van der Waals surface area contributed by atoms with Gasteiger partial charge in [0.05, 0.1) is 17.7 Å². The van der Waals surface area contributed by atoms with Crippen LogP contribution in [0.15, 0.2) is 46.6 Å². The summed E-state index contributed by atoms with van der Waals surface area (Å²) >= 11 is 1.17. The lowest BCUT2D eigenvalue weighted by atomic mass is 10.1. The van der Waals surface area contributed by atoms with Crippen molar-refractivity contribution >= 4 is 28.9 Å². The van der Waals surface area contributed by atoms with Crippen LogP contribution in [0.3, 0.4) is 0 Å². The number of nitrogens with two attached hydrogens (primary N) is 1.